The van der Waals surface area contributed by atoms with Crippen molar-refractivity contribution >= 4 is 75.1 Å². The highest BCUT2D eigenvalue weighted by Gasteiger charge is 2.27. The minimum atomic E-state index is 0.566. The fourth-order valence-electron chi connectivity index (χ4n) is 8.76. The van der Waals surface area contributed by atoms with Crippen LogP contribution in [0.15, 0.2) is 188 Å². The van der Waals surface area contributed by atoms with Crippen molar-refractivity contribution in [2.75, 3.05) is 0 Å². The normalized spacial score (nSPS) is 11.9. The maximum absolute atomic E-state index is 5.35. The number of aromatic nitrogens is 5. The van der Waals surface area contributed by atoms with E-state index in [0.29, 0.717) is 17.6 Å². The van der Waals surface area contributed by atoms with Crippen LogP contribution in [0.25, 0.3) is 109 Å². The van der Waals surface area contributed by atoms with E-state index in [-0.39, 0.29) is 0 Å². The van der Waals surface area contributed by atoms with Crippen LogP contribution in [-0.2, 0) is 0 Å². The molecule has 0 fully saturated rings. The Kier molecular flexibility index (Phi) is 7.03. The van der Waals surface area contributed by atoms with Crippen LogP contribution in [0.5, 0.6) is 0 Å². The molecule has 12 aromatic rings. The third-order valence-corrected chi connectivity index (χ3v) is 12.3. The fraction of sp³-hybridized carbons (Fsp3) is 0. The molecular formula is C51H31N5S. The second-order valence-electron chi connectivity index (χ2n) is 14.4. The summed E-state index contributed by atoms with van der Waals surface area (Å²) in [6, 6.07) is 66.6. The van der Waals surface area contributed by atoms with Gasteiger partial charge in [-0.1, -0.05) is 146 Å². The molecule has 0 unspecified atom stereocenters. The lowest BCUT2D eigenvalue weighted by molar-refractivity contribution is 0.953. The van der Waals surface area contributed by atoms with Crippen molar-refractivity contribution in [3.63, 3.8) is 0 Å². The highest BCUT2D eigenvalue weighted by molar-refractivity contribution is 7.25. The molecule has 4 heterocycles. The second-order valence-corrected chi connectivity index (χ2v) is 15.5. The first-order valence-corrected chi connectivity index (χ1v) is 19.9. The topological polar surface area (TPSA) is 48.5 Å². The number of fused-ring (bicyclic) bond motifs is 10. The largest absolute Gasteiger partial charge is 0.307 e. The molecule has 0 saturated carbocycles. The number of rotatable bonds is 5. The summed E-state index contributed by atoms with van der Waals surface area (Å²) in [4.78, 5) is 15.8. The first-order valence-electron chi connectivity index (χ1n) is 19.1. The van der Waals surface area contributed by atoms with Crippen LogP contribution in [0, 0.1) is 0 Å². The molecule has 6 heteroatoms. The molecule has 0 aliphatic rings. The van der Waals surface area contributed by atoms with Gasteiger partial charge in [-0.05, 0) is 53.6 Å². The van der Waals surface area contributed by atoms with E-state index in [4.69, 9.17) is 15.0 Å². The van der Waals surface area contributed by atoms with Crippen molar-refractivity contribution in [1.82, 2.24) is 24.1 Å². The van der Waals surface area contributed by atoms with E-state index in [1.165, 1.54) is 36.7 Å². The van der Waals surface area contributed by atoms with Gasteiger partial charge >= 0.3 is 0 Å². The van der Waals surface area contributed by atoms with Crippen molar-refractivity contribution in [3.8, 4) is 45.5 Å². The molecule has 0 aliphatic heterocycles. The van der Waals surface area contributed by atoms with Gasteiger partial charge in [-0.3, -0.25) is 4.57 Å². The van der Waals surface area contributed by atoms with Gasteiger partial charge in [0.1, 0.15) is 0 Å². The molecule has 266 valence electrons. The molecule has 0 aliphatic carbocycles. The summed E-state index contributed by atoms with van der Waals surface area (Å²) in [6.45, 7) is 0. The maximum Gasteiger partial charge on any atom is 0.238 e. The number of thiophene rings is 1. The van der Waals surface area contributed by atoms with Gasteiger partial charge in [-0.2, -0.15) is 9.97 Å². The highest BCUT2D eigenvalue weighted by Crippen LogP contribution is 2.49. The summed E-state index contributed by atoms with van der Waals surface area (Å²) >= 11 is 1.85. The van der Waals surface area contributed by atoms with Crippen LogP contribution in [0.1, 0.15) is 0 Å². The summed E-state index contributed by atoms with van der Waals surface area (Å²) in [5.41, 5.74) is 9.65. The Morgan fingerprint density at radius 3 is 1.63 bits per heavy atom. The molecule has 0 atom stereocenters. The van der Waals surface area contributed by atoms with E-state index in [0.717, 1.165) is 55.0 Å². The first-order chi connectivity index (χ1) is 28.3. The molecule has 0 radical (unpaired) electrons. The summed E-state index contributed by atoms with van der Waals surface area (Å²) in [6.07, 6.45) is 0. The van der Waals surface area contributed by atoms with Gasteiger partial charge in [-0.25, -0.2) is 4.98 Å². The van der Waals surface area contributed by atoms with Gasteiger partial charge < -0.3 is 4.57 Å². The third kappa shape index (κ3) is 4.84. The Balaban J connectivity index is 1.32. The van der Waals surface area contributed by atoms with E-state index in [2.05, 4.69) is 161 Å². The Morgan fingerprint density at radius 2 is 0.930 bits per heavy atom. The second kappa shape index (κ2) is 12.6. The van der Waals surface area contributed by atoms with Crippen molar-refractivity contribution in [2.45, 2.75) is 0 Å². The standard InChI is InChI=1S/C51H31N5S/c1-4-17-32(18-5-1)49-52-50(33-19-6-2-7-20-33)54-51(53-49)56-42-28-14-11-24-37(42)46-39(36-26-16-30-44-45(36)38-25-12-15-29-43(38)57-44)31-40-35-23-10-13-27-41(35)55(47(40)48(46)56)34-21-8-3-9-22-34/h1-31H. The van der Waals surface area contributed by atoms with E-state index in [1.54, 1.807) is 0 Å². The van der Waals surface area contributed by atoms with Gasteiger partial charge in [0.15, 0.2) is 11.6 Å². The summed E-state index contributed by atoms with van der Waals surface area (Å²) < 4.78 is 7.27. The van der Waals surface area contributed by atoms with Gasteiger partial charge in [0.2, 0.25) is 5.95 Å². The van der Waals surface area contributed by atoms with Gasteiger partial charge in [0, 0.05) is 58.5 Å². The number of hydrogen-bond acceptors (Lipinski definition) is 4. The molecule has 12 rings (SSSR count). The Labute approximate surface area is 331 Å². The molecule has 0 N–H and O–H groups in total. The van der Waals surface area contributed by atoms with Crippen LogP contribution in [-0.4, -0.2) is 24.1 Å². The first kappa shape index (κ1) is 31.9. The Bertz CT molecular complexity index is 3450. The minimum absolute atomic E-state index is 0.566. The highest BCUT2D eigenvalue weighted by atomic mass is 32.1. The van der Waals surface area contributed by atoms with Crippen LogP contribution >= 0.6 is 11.3 Å². The van der Waals surface area contributed by atoms with Crippen LogP contribution in [0.4, 0.5) is 0 Å². The molecule has 8 aromatic carbocycles. The van der Waals surface area contributed by atoms with Gasteiger partial charge in [0.05, 0.1) is 22.1 Å². The number of para-hydroxylation sites is 3. The zero-order valence-electron chi connectivity index (χ0n) is 30.5. The number of benzene rings is 8. The molecule has 0 spiro atoms. The molecule has 4 aromatic heterocycles. The van der Waals surface area contributed by atoms with Crippen molar-refractivity contribution in [3.05, 3.63) is 188 Å². The predicted molar refractivity (Wildman–Crippen MR) is 238 cm³/mol. The molecule has 0 saturated heterocycles. The lowest BCUT2D eigenvalue weighted by atomic mass is 9.93. The molecule has 0 amide bonds. The molecule has 5 nitrogen and oxygen atoms in total. The van der Waals surface area contributed by atoms with E-state index in [9.17, 15) is 0 Å². The predicted octanol–water partition coefficient (Wildman–Crippen LogP) is 13.4. The number of nitrogens with zero attached hydrogens (tertiary/aromatic N) is 5. The SMILES string of the molecule is c1ccc(-c2nc(-c3ccccc3)nc(-n3c4ccccc4c4c(-c5cccc6sc7ccccc7c56)cc5c6ccccc6n(-c6ccccc6)c5c43)n2)cc1. The van der Waals surface area contributed by atoms with E-state index < -0.39 is 0 Å². The molecular weight excluding hydrogens is 715 g/mol. The van der Waals surface area contributed by atoms with Crippen molar-refractivity contribution in [1.29, 1.82) is 0 Å². The maximum atomic E-state index is 5.35. The Hall–Kier alpha value is -7.41. The van der Waals surface area contributed by atoms with Crippen LogP contribution in [0.3, 0.4) is 0 Å². The monoisotopic (exact) mass is 745 g/mol. The van der Waals surface area contributed by atoms with E-state index in [1.807, 2.05) is 47.7 Å². The van der Waals surface area contributed by atoms with Gasteiger partial charge in [-0.15, -0.1) is 11.3 Å². The minimum Gasteiger partial charge on any atom is -0.307 e. The lowest BCUT2D eigenvalue weighted by Crippen LogP contribution is -2.07. The Morgan fingerprint density at radius 1 is 0.368 bits per heavy atom. The quantitative estimate of drug-likeness (QED) is 0.176. The summed E-state index contributed by atoms with van der Waals surface area (Å²) in [7, 11) is 0. The third-order valence-electron chi connectivity index (χ3n) is 11.2. The average molecular weight is 746 g/mol. The zero-order chi connectivity index (χ0) is 37.5. The summed E-state index contributed by atoms with van der Waals surface area (Å²) in [5.74, 6) is 1.81. The van der Waals surface area contributed by atoms with Crippen LogP contribution < -0.4 is 0 Å². The molecule has 0 bridgehead atoms. The van der Waals surface area contributed by atoms with Gasteiger partial charge in [0.25, 0.3) is 0 Å². The zero-order valence-corrected chi connectivity index (χ0v) is 31.4. The summed E-state index contributed by atoms with van der Waals surface area (Å²) in [5, 5.41) is 7.19. The number of hydrogen-bond donors (Lipinski definition) is 0. The smallest absolute Gasteiger partial charge is 0.238 e. The van der Waals surface area contributed by atoms with E-state index >= 15 is 0 Å². The van der Waals surface area contributed by atoms with Crippen molar-refractivity contribution < 1.29 is 0 Å². The van der Waals surface area contributed by atoms with Crippen molar-refractivity contribution in [2.24, 2.45) is 0 Å². The van der Waals surface area contributed by atoms with Crippen LogP contribution in [0.2, 0.25) is 0 Å². The average Bonchev–Trinajstić information content (AvgIpc) is 3.95. The lowest BCUT2D eigenvalue weighted by Gasteiger charge is -2.15. The molecule has 57 heavy (non-hydrogen) atoms. The fourth-order valence-corrected chi connectivity index (χ4v) is 9.89.